The SMILES string of the molecule is O=c1c2cccc(OC3CC4(C3)CN(CCNc3cc5nncn5cc3F)C4)c2cc(Cl)n1C(F)F. The molecule has 6 rings (SSSR count). The van der Waals surface area contributed by atoms with E-state index in [1.54, 1.807) is 18.2 Å². The number of fused-ring (bicyclic) bond motifs is 2. The lowest BCUT2D eigenvalue weighted by Crippen LogP contribution is -2.65. The van der Waals surface area contributed by atoms with Crippen molar-refractivity contribution in [2.75, 3.05) is 31.5 Å². The van der Waals surface area contributed by atoms with E-state index in [2.05, 4.69) is 20.4 Å². The van der Waals surface area contributed by atoms with Gasteiger partial charge in [-0.3, -0.25) is 9.20 Å². The van der Waals surface area contributed by atoms with Crippen LogP contribution >= 0.6 is 11.6 Å². The summed E-state index contributed by atoms with van der Waals surface area (Å²) in [5.41, 5.74) is 0.336. The minimum Gasteiger partial charge on any atom is -0.490 e. The predicted octanol–water partition coefficient (Wildman–Crippen LogP) is 4.19. The van der Waals surface area contributed by atoms with E-state index in [1.165, 1.54) is 29.1 Å². The van der Waals surface area contributed by atoms with Crippen molar-refractivity contribution in [1.82, 2.24) is 24.1 Å². The molecule has 36 heavy (non-hydrogen) atoms. The second-order valence-electron chi connectivity index (χ2n) is 9.55. The minimum atomic E-state index is -3.02. The normalized spacial score (nSPS) is 17.6. The lowest BCUT2D eigenvalue weighted by Gasteiger charge is -2.58. The van der Waals surface area contributed by atoms with Crippen LogP contribution < -0.4 is 15.6 Å². The minimum absolute atomic E-state index is 0.0174. The molecule has 4 heterocycles. The maximum Gasteiger partial charge on any atom is 0.322 e. The van der Waals surface area contributed by atoms with Crippen LogP contribution in [0, 0.1) is 11.2 Å². The van der Waals surface area contributed by atoms with Crippen molar-refractivity contribution in [2.45, 2.75) is 25.5 Å². The van der Waals surface area contributed by atoms with Gasteiger partial charge in [0.2, 0.25) is 0 Å². The highest BCUT2D eigenvalue weighted by molar-refractivity contribution is 6.30. The smallest absolute Gasteiger partial charge is 0.322 e. The second kappa shape index (κ2) is 8.67. The van der Waals surface area contributed by atoms with E-state index in [0.29, 0.717) is 29.0 Å². The monoisotopic (exact) mass is 518 g/mol. The van der Waals surface area contributed by atoms with Gasteiger partial charge >= 0.3 is 6.55 Å². The van der Waals surface area contributed by atoms with Crippen LogP contribution in [0.5, 0.6) is 5.75 Å². The molecule has 1 aliphatic carbocycles. The number of aromatic nitrogens is 4. The van der Waals surface area contributed by atoms with Gasteiger partial charge in [0.25, 0.3) is 5.56 Å². The number of likely N-dealkylation sites (tertiary alicyclic amines) is 1. The number of alkyl halides is 2. The first-order valence-corrected chi connectivity index (χ1v) is 11.9. The third-order valence-electron chi connectivity index (χ3n) is 7.06. The van der Waals surface area contributed by atoms with Crippen LogP contribution in [0.15, 0.2) is 47.7 Å². The highest BCUT2D eigenvalue weighted by Crippen LogP contribution is 2.50. The van der Waals surface area contributed by atoms with Gasteiger partial charge in [-0.15, -0.1) is 10.2 Å². The molecule has 0 unspecified atom stereocenters. The van der Waals surface area contributed by atoms with Crippen LogP contribution in [0.4, 0.5) is 18.9 Å². The third-order valence-corrected chi connectivity index (χ3v) is 7.36. The number of hydrogen-bond donors (Lipinski definition) is 1. The average Bonchev–Trinajstić information content (AvgIpc) is 3.23. The zero-order valence-corrected chi connectivity index (χ0v) is 19.8. The number of rotatable bonds is 7. The van der Waals surface area contributed by atoms with E-state index >= 15 is 0 Å². The van der Waals surface area contributed by atoms with E-state index < -0.39 is 12.1 Å². The van der Waals surface area contributed by atoms with Crippen molar-refractivity contribution in [3.8, 4) is 5.75 Å². The summed E-state index contributed by atoms with van der Waals surface area (Å²) in [6, 6.07) is 7.84. The molecule has 1 aromatic carbocycles. The molecule has 0 amide bonds. The Kier molecular flexibility index (Phi) is 5.56. The van der Waals surface area contributed by atoms with Crippen molar-refractivity contribution >= 4 is 33.7 Å². The Morgan fingerprint density at radius 2 is 2.03 bits per heavy atom. The lowest BCUT2D eigenvalue weighted by atomic mass is 9.62. The van der Waals surface area contributed by atoms with Crippen LogP contribution in [0.3, 0.4) is 0 Å². The highest BCUT2D eigenvalue weighted by atomic mass is 35.5. The van der Waals surface area contributed by atoms with Gasteiger partial charge in [0.15, 0.2) is 11.5 Å². The van der Waals surface area contributed by atoms with Crippen molar-refractivity contribution in [3.63, 3.8) is 0 Å². The largest absolute Gasteiger partial charge is 0.490 e. The maximum atomic E-state index is 14.2. The highest BCUT2D eigenvalue weighted by Gasteiger charge is 2.53. The predicted molar refractivity (Wildman–Crippen MR) is 128 cm³/mol. The van der Waals surface area contributed by atoms with Gasteiger partial charge in [-0.05, 0) is 31.0 Å². The molecule has 0 atom stereocenters. The van der Waals surface area contributed by atoms with Crippen molar-refractivity contribution < 1.29 is 17.9 Å². The molecule has 2 fully saturated rings. The number of anilines is 1. The van der Waals surface area contributed by atoms with Crippen molar-refractivity contribution in [2.24, 2.45) is 5.41 Å². The summed E-state index contributed by atoms with van der Waals surface area (Å²) in [5.74, 6) is 0.115. The Bertz CT molecular complexity index is 1510. The lowest BCUT2D eigenvalue weighted by molar-refractivity contribution is -0.117. The number of pyridine rings is 2. The molecular weight excluding hydrogens is 497 g/mol. The fourth-order valence-electron chi connectivity index (χ4n) is 5.40. The summed E-state index contributed by atoms with van der Waals surface area (Å²) in [6.07, 6.45) is 4.52. The first-order valence-electron chi connectivity index (χ1n) is 11.6. The molecule has 2 aliphatic rings. The molecule has 0 bridgehead atoms. The molecule has 1 N–H and O–H groups in total. The molecule has 1 aliphatic heterocycles. The van der Waals surface area contributed by atoms with Gasteiger partial charge in [-0.1, -0.05) is 17.7 Å². The van der Waals surface area contributed by atoms with E-state index in [9.17, 15) is 18.0 Å². The van der Waals surface area contributed by atoms with Gasteiger partial charge in [0.1, 0.15) is 17.2 Å². The van der Waals surface area contributed by atoms with Crippen LogP contribution in [0.2, 0.25) is 5.15 Å². The van der Waals surface area contributed by atoms with Gasteiger partial charge in [0.05, 0.1) is 17.2 Å². The molecule has 4 aromatic rings. The molecule has 8 nitrogen and oxygen atoms in total. The summed E-state index contributed by atoms with van der Waals surface area (Å²) in [7, 11) is 0. The number of nitrogens with zero attached hydrogens (tertiary/aromatic N) is 5. The number of halogens is 4. The van der Waals surface area contributed by atoms with Gasteiger partial charge in [-0.25, -0.2) is 8.96 Å². The van der Waals surface area contributed by atoms with Crippen LogP contribution in [0.1, 0.15) is 19.4 Å². The van der Waals surface area contributed by atoms with E-state index in [0.717, 1.165) is 32.5 Å². The van der Waals surface area contributed by atoms with Crippen LogP contribution in [0.25, 0.3) is 16.4 Å². The summed E-state index contributed by atoms with van der Waals surface area (Å²) in [6.45, 7) is 0.229. The van der Waals surface area contributed by atoms with Crippen LogP contribution in [-0.2, 0) is 0 Å². The third kappa shape index (κ3) is 3.96. The molecule has 1 saturated carbocycles. The van der Waals surface area contributed by atoms with Crippen molar-refractivity contribution in [3.05, 3.63) is 64.2 Å². The first-order chi connectivity index (χ1) is 17.3. The molecule has 12 heteroatoms. The van der Waals surface area contributed by atoms with Crippen molar-refractivity contribution in [1.29, 1.82) is 0 Å². The molecule has 1 saturated heterocycles. The Labute approximate surface area is 208 Å². The quantitative estimate of drug-likeness (QED) is 0.370. The summed E-state index contributed by atoms with van der Waals surface area (Å²) in [5, 5.41) is 11.1. The Balaban J connectivity index is 1.02. The van der Waals surface area contributed by atoms with E-state index in [-0.39, 0.29) is 32.4 Å². The first kappa shape index (κ1) is 23.1. The maximum absolute atomic E-state index is 14.2. The summed E-state index contributed by atoms with van der Waals surface area (Å²) in [4.78, 5) is 14.8. The molecule has 188 valence electrons. The summed E-state index contributed by atoms with van der Waals surface area (Å²) < 4.78 is 48.5. The Morgan fingerprint density at radius 1 is 1.22 bits per heavy atom. The second-order valence-corrected chi connectivity index (χ2v) is 9.94. The molecule has 3 aromatic heterocycles. The molecule has 0 radical (unpaired) electrons. The number of hydrogen-bond acceptors (Lipinski definition) is 6. The Morgan fingerprint density at radius 3 is 2.81 bits per heavy atom. The Hall–Kier alpha value is -3.31. The zero-order valence-electron chi connectivity index (χ0n) is 19.0. The molecule has 1 spiro atoms. The number of benzene rings is 1. The fourth-order valence-corrected chi connectivity index (χ4v) is 5.65. The number of nitrogens with one attached hydrogen (secondary N) is 1. The topological polar surface area (TPSA) is 76.7 Å². The van der Waals surface area contributed by atoms with E-state index in [1.807, 2.05) is 0 Å². The average molecular weight is 519 g/mol. The van der Waals surface area contributed by atoms with E-state index in [4.69, 9.17) is 16.3 Å². The number of ether oxygens (including phenoxy) is 1. The standard InChI is InChI=1S/C24H22ClF3N6O2/c25-20-6-16-15(22(35)34(20)23(27)28)2-1-3-19(16)36-14-8-24(9-14)11-32(12-24)5-4-29-18-7-21-31-30-13-33(21)10-17(18)26/h1-3,6-7,10,13-14,23,29H,4-5,8-9,11-12H2. The van der Waals surface area contributed by atoms with Gasteiger partial charge in [0, 0.05) is 49.2 Å². The van der Waals surface area contributed by atoms with Gasteiger partial charge in [-0.2, -0.15) is 8.78 Å². The molecular formula is C24H22ClF3N6O2. The summed E-state index contributed by atoms with van der Waals surface area (Å²) >= 11 is 5.95. The van der Waals surface area contributed by atoms with Gasteiger partial charge < -0.3 is 15.0 Å². The zero-order chi connectivity index (χ0) is 25.0. The van der Waals surface area contributed by atoms with Crippen LogP contribution in [-0.4, -0.2) is 56.3 Å². The fraction of sp³-hybridized carbons (Fsp3) is 0.375.